The average Bonchev–Trinajstić information content (AvgIpc) is 2.28. The smallest absolute Gasteiger partial charge is 0.269 e. The van der Waals surface area contributed by atoms with Crippen LogP contribution in [0.3, 0.4) is 0 Å². The van der Waals surface area contributed by atoms with Crippen molar-refractivity contribution in [2.24, 2.45) is 0 Å². The van der Waals surface area contributed by atoms with Gasteiger partial charge in [0.25, 0.3) is 5.91 Å². The van der Waals surface area contributed by atoms with E-state index >= 15 is 0 Å². The van der Waals surface area contributed by atoms with Gasteiger partial charge in [-0.15, -0.1) is 0 Å². The van der Waals surface area contributed by atoms with Crippen LogP contribution in [0.2, 0.25) is 5.02 Å². The number of aromatic nitrogens is 1. The Labute approximate surface area is 99.6 Å². The summed E-state index contributed by atoms with van der Waals surface area (Å²) in [7, 11) is 0. The normalized spacial score (nSPS) is 12.2. The molecule has 0 aliphatic carbocycles. The van der Waals surface area contributed by atoms with Gasteiger partial charge >= 0.3 is 0 Å². The third-order valence-corrected chi connectivity index (χ3v) is 2.42. The second-order valence-electron chi connectivity index (χ2n) is 3.47. The Hall–Kier alpha value is -1.13. The van der Waals surface area contributed by atoms with E-state index in [1.807, 2.05) is 6.92 Å². The van der Waals surface area contributed by atoms with Gasteiger partial charge in [-0.2, -0.15) is 0 Å². The number of hydrogen-bond acceptors (Lipinski definition) is 3. The number of hydrogen-bond donors (Lipinski definition) is 2. The molecule has 4 nitrogen and oxygen atoms in total. The molecule has 1 rings (SSSR count). The van der Waals surface area contributed by atoms with Crippen LogP contribution in [0.25, 0.3) is 0 Å². The zero-order valence-corrected chi connectivity index (χ0v) is 9.87. The van der Waals surface area contributed by atoms with Crippen molar-refractivity contribution in [2.45, 2.75) is 25.9 Å². The van der Waals surface area contributed by atoms with Crippen LogP contribution in [0.1, 0.15) is 30.3 Å². The fourth-order valence-electron chi connectivity index (χ4n) is 1.18. The van der Waals surface area contributed by atoms with E-state index in [-0.39, 0.29) is 12.0 Å². The van der Waals surface area contributed by atoms with E-state index in [1.165, 1.54) is 12.3 Å². The maximum Gasteiger partial charge on any atom is 0.269 e. The minimum Gasteiger partial charge on any atom is -0.393 e. The van der Waals surface area contributed by atoms with Gasteiger partial charge in [-0.25, -0.2) is 0 Å². The van der Waals surface area contributed by atoms with Gasteiger partial charge in [0.15, 0.2) is 0 Å². The highest BCUT2D eigenvalue weighted by atomic mass is 35.5. The zero-order valence-electron chi connectivity index (χ0n) is 9.11. The van der Waals surface area contributed by atoms with Crippen LogP contribution in [0.5, 0.6) is 0 Å². The fourth-order valence-corrected chi connectivity index (χ4v) is 1.34. The first-order chi connectivity index (χ1) is 7.63. The van der Waals surface area contributed by atoms with Crippen LogP contribution >= 0.6 is 11.6 Å². The van der Waals surface area contributed by atoms with Crippen molar-refractivity contribution in [3.63, 3.8) is 0 Å². The average molecular weight is 243 g/mol. The molecule has 0 aliphatic heterocycles. The van der Waals surface area contributed by atoms with Crippen LogP contribution in [0, 0.1) is 0 Å². The topological polar surface area (TPSA) is 62.2 Å². The predicted molar refractivity (Wildman–Crippen MR) is 62.5 cm³/mol. The summed E-state index contributed by atoms with van der Waals surface area (Å²) in [6.45, 7) is 2.33. The SMILES string of the molecule is CCC(O)CCNC(=O)c1cc(Cl)ccn1. The Morgan fingerprint density at radius 2 is 2.44 bits per heavy atom. The van der Waals surface area contributed by atoms with Gasteiger partial charge in [0.05, 0.1) is 6.10 Å². The Balaban J connectivity index is 2.41. The Bertz CT molecular complexity index is 358. The van der Waals surface area contributed by atoms with E-state index < -0.39 is 0 Å². The summed E-state index contributed by atoms with van der Waals surface area (Å²) in [5, 5.41) is 12.4. The number of aliphatic hydroxyl groups excluding tert-OH is 1. The van der Waals surface area contributed by atoms with Crippen LogP contribution in [-0.4, -0.2) is 28.6 Å². The lowest BCUT2D eigenvalue weighted by Crippen LogP contribution is -2.27. The van der Waals surface area contributed by atoms with Crippen LogP contribution in [0.4, 0.5) is 0 Å². The van der Waals surface area contributed by atoms with Crippen molar-refractivity contribution in [3.05, 3.63) is 29.0 Å². The summed E-state index contributed by atoms with van der Waals surface area (Å²) in [6, 6.07) is 3.12. The van der Waals surface area contributed by atoms with E-state index in [4.69, 9.17) is 11.6 Å². The van der Waals surface area contributed by atoms with Crippen molar-refractivity contribution < 1.29 is 9.90 Å². The molecule has 0 saturated heterocycles. The maximum absolute atomic E-state index is 11.6. The second-order valence-corrected chi connectivity index (χ2v) is 3.90. The van der Waals surface area contributed by atoms with Crippen LogP contribution < -0.4 is 5.32 Å². The van der Waals surface area contributed by atoms with Gasteiger partial charge in [0, 0.05) is 17.8 Å². The first kappa shape index (κ1) is 12.9. The molecule has 1 atom stereocenters. The third-order valence-electron chi connectivity index (χ3n) is 2.19. The quantitative estimate of drug-likeness (QED) is 0.825. The largest absolute Gasteiger partial charge is 0.393 e. The van der Waals surface area contributed by atoms with Crippen molar-refractivity contribution in [2.75, 3.05) is 6.54 Å². The monoisotopic (exact) mass is 242 g/mol. The molecule has 1 aromatic heterocycles. The van der Waals surface area contributed by atoms with E-state index in [2.05, 4.69) is 10.3 Å². The Morgan fingerprint density at radius 1 is 1.69 bits per heavy atom. The molecule has 1 unspecified atom stereocenters. The minimum absolute atomic E-state index is 0.272. The lowest BCUT2D eigenvalue weighted by molar-refractivity contribution is 0.0937. The number of rotatable bonds is 5. The van der Waals surface area contributed by atoms with Crippen LogP contribution in [0.15, 0.2) is 18.3 Å². The molecule has 1 heterocycles. The van der Waals surface area contributed by atoms with Gasteiger partial charge in [0.2, 0.25) is 0 Å². The van der Waals surface area contributed by atoms with E-state index in [0.717, 1.165) is 0 Å². The number of aliphatic hydroxyl groups is 1. The van der Waals surface area contributed by atoms with Gasteiger partial charge in [-0.3, -0.25) is 9.78 Å². The standard InChI is InChI=1S/C11H15ClN2O2/c1-2-9(15)4-6-14-11(16)10-7-8(12)3-5-13-10/h3,5,7,9,15H,2,4,6H2,1H3,(H,14,16). The molecule has 0 aliphatic rings. The number of carbonyl (C=O) groups excluding carboxylic acids is 1. The van der Waals surface area contributed by atoms with Gasteiger partial charge in [-0.05, 0) is 25.0 Å². The molecule has 0 saturated carbocycles. The van der Waals surface area contributed by atoms with Crippen molar-refractivity contribution in [1.82, 2.24) is 10.3 Å². The highest BCUT2D eigenvalue weighted by Gasteiger charge is 2.07. The fraction of sp³-hybridized carbons (Fsp3) is 0.455. The Kier molecular flexibility index (Phi) is 5.22. The first-order valence-corrected chi connectivity index (χ1v) is 5.59. The lowest BCUT2D eigenvalue weighted by atomic mass is 10.2. The van der Waals surface area contributed by atoms with Crippen molar-refractivity contribution in [3.8, 4) is 0 Å². The van der Waals surface area contributed by atoms with Gasteiger partial charge in [0.1, 0.15) is 5.69 Å². The van der Waals surface area contributed by atoms with Crippen LogP contribution in [-0.2, 0) is 0 Å². The molecule has 0 radical (unpaired) electrons. The molecule has 2 N–H and O–H groups in total. The number of carbonyl (C=O) groups is 1. The number of nitrogens with zero attached hydrogens (tertiary/aromatic N) is 1. The van der Waals surface area contributed by atoms with Gasteiger partial charge in [-0.1, -0.05) is 18.5 Å². The molecule has 5 heteroatoms. The first-order valence-electron chi connectivity index (χ1n) is 5.21. The summed E-state index contributed by atoms with van der Waals surface area (Å²) in [4.78, 5) is 15.5. The van der Waals surface area contributed by atoms with E-state index in [1.54, 1.807) is 6.07 Å². The molecular formula is C11H15ClN2O2. The summed E-state index contributed by atoms with van der Waals surface area (Å²) in [5.41, 5.74) is 0.290. The number of nitrogens with one attached hydrogen (secondary N) is 1. The molecule has 1 amide bonds. The second kappa shape index (κ2) is 6.45. The lowest BCUT2D eigenvalue weighted by Gasteiger charge is -2.08. The summed E-state index contributed by atoms with van der Waals surface area (Å²) >= 11 is 5.74. The molecular weight excluding hydrogens is 228 g/mol. The summed E-state index contributed by atoms with van der Waals surface area (Å²) in [5.74, 6) is -0.272. The zero-order chi connectivity index (χ0) is 12.0. The number of pyridine rings is 1. The molecule has 0 bridgehead atoms. The number of halogens is 1. The minimum atomic E-state index is -0.368. The highest BCUT2D eigenvalue weighted by molar-refractivity contribution is 6.30. The van der Waals surface area contributed by atoms with Crippen molar-refractivity contribution >= 4 is 17.5 Å². The molecule has 1 aromatic rings. The molecule has 88 valence electrons. The van der Waals surface area contributed by atoms with Gasteiger partial charge < -0.3 is 10.4 Å². The third kappa shape index (κ3) is 4.16. The molecule has 0 spiro atoms. The maximum atomic E-state index is 11.6. The Morgan fingerprint density at radius 3 is 3.06 bits per heavy atom. The highest BCUT2D eigenvalue weighted by Crippen LogP contribution is 2.07. The predicted octanol–water partition coefficient (Wildman–Crippen LogP) is 1.63. The van der Waals surface area contributed by atoms with E-state index in [0.29, 0.717) is 30.1 Å². The number of amides is 1. The molecule has 16 heavy (non-hydrogen) atoms. The summed E-state index contributed by atoms with van der Waals surface area (Å²) in [6.07, 6.45) is 2.35. The molecule has 0 fully saturated rings. The van der Waals surface area contributed by atoms with Crippen molar-refractivity contribution in [1.29, 1.82) is 0 Å². The summed E-state index contributed by atoms with van der Waals surface area (Å²) < 4.78 is 0. The van der Waals surface area contributed by atoms with E-state index in [9.17, 15) is 9.90 Å². The molecule has 0 aromatic carbocycles.